The lowest BCUT2D eigenvalue weighted by molar-refractivity contribution is -0.110. The highest BCUT2D eigenvalue weighted by Crippen LogP contribution is 2.24. The Balaban J connectivity index is 2.44. The van der Waals surface area contributed by atoms with E-state index in [9.17, 15) is 9.00 Å². The van der Waals surface area contributed by atoms with Gasteiger partial charge < -0.3 is 5.32 Å². The van der Waals surface area contributed by atoms with Gasteiger partial charge in [0.2, 0.25) is 0 Å². The van der Waals surface area contributed by atoms with E-state index in [1.165, 1.54) is 0 Å². The molecular formula is C12H14N2O2S. The van der Waals surface area contributed by atoms with Gasteiger partial charge in [0, 0.05) is 5.56 Å². The fourth-order valence-corrected chi connectivity index (χ4v) is 2.03. The van der Waals surface area contributed by atoms with E-state index in [2.05, 4.69) is 9.71 Å². The maximum Gasteiger partial charge on any atom is 0.275 e. The highest BCUT2D eigenvalue weighted by atomic mass is 32.2. The van der Waals surface area contributed by atoms with Crippen molar-refractivity contribution in [3.8, 4) is 0 Å². The molecule has 1 aromatic carbocycles. The van der Waals surface area contributed by atoms with E-state index < -0.39 is 15.7 Å². The SMILES string of the molecule is CC(C)(C)[S@@](=O)/N=C1/C(=O)Nc2ccccc21. The molecule has 1 aliphatic heterocycles. The van der Waals surface area contributed by atoms with Gasteiger partial charge in [0.25, 0.3) is 5.91 Å². The molecule has 0 saturated heterocycles. The first-order chi connectivity index (χ1) is 7.89. The van der Waals surface area contributed by atoms with E-state index >= 15 is 0 Å². The number of nitrogens with one attached hydrogen (secondary N) is 1. The Morgan fingerprint density at radius 1 is 1.24 bits per heavy atom. The number of hydrogen-bond donors (Lipinski definition) is 1. The Kier molecular flexibility index (Phi) is 2.87. The Morgan fingerprint density at radius 2 is 1.88 bits per heavy atom. The second-order valence-electron chi connectivity index (χ2n) is 4.80. The maximum atomic E-state index is 11.9. The smallest absolute Gasteiger partial charge is 0.275 e. The van der Waals surface area contributed by atoms with Crippen LogP contribution in [0.1, 0.15) is 26.3 Å². The van der Waals surface area contributed by atoms with Gasteiger partial charge in [-0.1, -0.05) is 18.2 Å². The molecule has 4 nitrogen and oxygen atoms in total. The molecule has 1 N–H and O–H groups in total. The maximum absolute atomic E-state index is 11.9. The van der Waals surface area contributed by atoms with Crippen LogP contribution >= 0.6 is 0 Å². The van der Waals surface area contributed by atoms with E-state index in [1.54, 1.807) is 12.1 Å². The number of fused-ring (bicyclic) bond motifs is 1. The summed E-state index contributed by atoms with van der Waals surface area (Å²) < 4.78 is 15.5. The molecule has 2 rings (SSSR count). The van der Waals surface area contributed by atoms with Crippen LogP contribution in [0.3, 0.4) is 0 Å². The third-order valence-electron chi connectivity index (χ3n) is 2.34. The minimum atomic E-state index is -1.43. The minimum absolute atomic E-state index is 0.258. The number of carbonyl (C=O) groups is 1. The molecule has 1 heterocycles. The number of hydrogen-bond acceptors (Lipinski definition) is 2. The van der Waals surface area contributed by atoms with Crippen molar-refractivity contribution in [2.24, 2.45) is 4.40 Å². The molecule has 1 atom stereocenters. The van der Waals surface area contributed by atoms with Crippen LogP contribution < -0.4 is 5.32 Å². The molecule has 0 spiro atoms. The molecule has 1 aliphatic rings. The zero-order chi connectivity index (χ0) is 12.6. The first kappa shape index (κ1) is 12.0. The average Bonchev–Trinajstić information content (AvgIpc) is 2.54. The number of amides is 1. The van der Waals surface area contributed by atoms with Gasteiger partial charge in [-0.25, -0.2) is 4.21 Å². The van der Waals surface area contributed by atoms with Gasteiger partial charge >= 0.3 is 0 Å². The summed E-state index contributed by atoms with van der Waals surface area (Å²) in [6, 6.07) is 7.26. The third kappa shape index (κ3) is 2.29. The summed E-state index contributed by atoms with van der Waals surface area (Å²) in [6.07, 6.45) is 0. The van der Waals surface area contributed by atoms with Crippen molar-refractivity contribution in [2.75, 3.05) is 5.32 Å². The second kappa shape index (κ2) is 4.07. The quantitative estimate of drug-likeness (QED) is 0.827. The van der Waals surface area contributed by atoms with Crippen LogP contribution in [0, 0.1) is 0 Å². The summed E-state index contributed by atoms with van der Waals surface area (Å²) in [5, 5.41) is 2.70. The van der Waals surface area contributed by atoms with E-state index in [1.807, 2.05) is 32.9 Å². The average molecular weight is 250 g/mol. The number of rotatable bonds is 1. The molecule has 0 aliphatic carbocycles. The minimum Gasteiger partial charge on any atom is -0.320 e. The van der Waals surface area contributed by atoms with Gasteiger partial charge in [0.05, 0.1) is 10.4 Å². The van der Waals surface area contributed by atoms with Crippen LogP contribution in [0.2, 0.25) is 0 Å². The molecule has 5 heteroatoms. The van der Waals surface area contributed by atoms with Crippen molar-refractivity contribution in [1.29, 1.82) is 0 Å². The van der Waals surface area contributed by atoms with Crippen LogP contribution in [0.15, 0.2) is 28.7 Å². The van der Waals surface area contributed by atoms with Gasteiger partial charge in [-0.3, -0.25) is 4.79 Å². The van der Waals surface area contributed by atoms with Gasteiger partial charge in [-0.2, -0.15) is 4.40 Å². The van der Waals surface area contributed by atoms with E-state index in [-0.39, 0.29) is 11.6 Å². The molecule has 90 valence electrons. The largest absolute Gasteiger partial charge is 0.320 e. The highest BCUT2D eigenvalue weighted by Gasteiger charge is 2.28. The zero-order valence-corrected chi connectivity index (χ0v) is 10.8. The molecule has 1 aromatic rings. The van der Waals surface area contributed by atoms with Crippen LogP contribution in [0.5, 0.6) is 0 Å². The Bertz CT molecular complexity index is 530. The fraction of sp³-hybridized carbons (Fsp3) is 0.333. The molecule has 0 aromatic heterocycles. The number of anilines is 1. The van der Waals surface area contributed by atoms with E-state index in [4.69, 9.17) is 0 Å². The van der Waals surface area contributed by atoms with Crippen molar-refractivity contribution in [3.63, 3.8) is 0 Å². The van der Waals surface area contributed by atoms with Crippen LogP contribution in [0.25, 0.3) is 0 Å². The molecule has 0 unspecified atom stereocenters. The zero-order valence-electron chi connectivity index (χ0n) is 9.98. The normalized spacial score (nSPS) is 19.0. The van der Waals surface area contributed by atoms with Gasteiger partial charge in [-0.05, 0) is 26.8 Å². The van der Waals surface area contributed by atoms with Crippen molar-refractivity contribution in [3.05, 3.63) is 29.8 Å². The van der Waals surface area contributed by atoms with Crippen LogP contribution in [-0.2, 0) is 15.8 Å². The topological polar surface area (TPSA) is 58.5 Å². The molecule has 17 heavy (non-hydrogen) atoms. The van der Waals surface area contributed by atoms with E-state index in [0.29, 0.717) is 0 Å². The Morgan fingerprint density at radius 3 is 2.53 bits per heavy atom. The van der Waals surface area contributed by atoms with Gasteiger partial charge in [0.1, 0.15) is 16.7 Å². The number of nitrogens with zero attached hydrogens (tertiary/aromatic N) is 1. The molecule has 0 radical (unpaired) electrons. The summed E-state index contributed by atoms with van der Waals surface area (Å²) in [7, 11) is -1.43. The summed E-state index contributed by atoms with van der Waals surface area (Å²) in [5.74, 6) is -0.288. The number of carbonyl (C=O) groups excluding carboxylic acids is 1. The monoisotopic (exact) mass is 250 g/mol. The fourth-order valence-electron chi connectivity index (χ4n) is 1.41. The first-order valence-corrected chi connectivity index (χ1v) is 6.42. The summed E-state index contributed by atoms with van der Waals surface area (Å²) in [5.41, 5.74) is 1.70. The Hall–Kier alpha value is -1.49. The van der Waals surface area contributed by atoms with Crippen molar-refractivity contribution in [2.45, 2.75) is 25.5 Å². The lowest BCUT2D eigenvalue weighted by Crippen LogP contribution is -2.23. The molecule has 0 bridgehead atoms. The van der Waals surface area contributed by atoms with Crippen molar-refractivity contribution in [1.82, 2.24) is 0 Å². The predicted molar refractivity (Wildman–Crippen MR) is 69.5 cm³/mol. The molecule has 1 amide bonds. The lowest BCUT2D eigenvalue weighted by Gasteiger charge is -2.13. The van der Waals surface area contributed by atoms with Crippen LogP contribution in [0.4, 0.5) is 5.69 Å². The van der Waals surface area contributed by atoms with Gasteiger partial charge in [-0.15, -0.1) is 0 Å². The van der Waals surface area contributed by atoms with E-state index in [0.717, 1.165) is 11.3 Å². The number of benzene rings is 1. The lowest BCUT2D eigenvalue weighted by atomic mass is 10.1. The van der Waals surface area contributed by atoms with Crippen molar-refractivity contribution >= 4 is 28.3 Å². The van der Waals surface area contributed by atoms with Crippen molar-refractivity contribution < 1.29 is 9.00 Å². The predicted octanol–water partition coefficient (Wildman–Crippen LogP) is 1.89. The van der Waals surface area contributed by atoms with Gasteiger partial charge in [0.15, 0.2) is 0 Å². The second-order valence-corrected chi connectivity index (χ2v) is 6.71. The molecule has 0 saturated carbocycles. The molecule has 0 fully saturated rings. The summed E-state index contributed by atoms with van der Waals surface area (Å²) >= 11 is 0. The summed E-state index contributed by atoms with van der Waals surface area (Å²) in [4.78, 5) is 11.7. The Labute approximate surface area is 103 Å². The van der Waals surface area contributed by atoms with Crippen LogP contribution in [-0.4, -0.2) is 20.6 Å². The first-order valence-electron chi connectivity index (χ1n) is 5.31. The standard InChI is InChI=1S/C12H14N2O2S/c1-12(2,3)17(16)14-10-8-6-4-5-7-9(8)13-11(10)15/h4-7H,1-3H3,(H,13,14,15)/t17-/m1/s1. The number of para-hydroxylation sites is 1. The third-order valence-corrected chi connectivity index (χ3v) is 3.74. The molecular weight excluding hydrogens is 236 g/mol. The highest BCUT2D eigenvalue weighted by molar-refractivity contribution is 7.85. The summed E-state index contributed by atoms with van der Waals surface area (Å²) in [6.45, 7) is 5.48.